The molecule has 0 aromatic heterocycles. The molecule has 0 spiro atoms. The molecule has 6 nitrogen and oxygen atoms in total. The van der Waals surface area contributed by atoms with E-state index >= 15 is 0 Å². The fraction of sp³-hybridized carbons (Fsp3) is 0.529. The van der Waals surface area contributed by atoms with Gasteiger partial charge in [-0.25, -0.2) is 0 Å². The van der Waals surface area contributed by atoms with Gasteiger partial charge in [0.2, 0.25) is 11.8 Å². The van der Waals surface area contributed by atoms with Gasteiger partial charge in [-0.2, -0.15) is 0 Å². The molecule has 0 fully saturated rings. The number of nitrogens with zero attached hydrogens (tertiary/aromatic N) is 2. The van der Waals surface area contributed by atoms with Gasteiger partial charge < -0.3 is 15.0 Å². The van der Waals surface area contributed by atoms with Crippen molar-refractivity contribution in [3.8, 4) is 5.75 Å². The standard InChI is InChI=1S/C17H26ClN3O3/c1-6-21(7-2)17(23)11-20(4)10-16(22)19-14-8-12(3)13(18)9-15(14)24-5/h8-9H,6-7,10-11H2,1-5H3,(H,19,22). The van der Waals surface area contributed by atoms with Crippen LogP contribution in [0.4, 0.5) is 5.69 Å². The molecule has 1 N–H and O–H groups in total. The largest absolute Gasteiger partial charge is 0.495 e. The molecule has 0 aliphatic rings. The molecule has 0 aliphatic carbocycles. The summed E-state index contributed by atoms with van der Waals surface area (Å²) in [7, 11) is 3.26. The zero-order valence-electron chi connectivity index (χ0n) is 15.0. The molecular weight excluding hydrogens is 330 g/mol. The summed E-state index contributed by atoms with van der Waals surface area (Å²) in [5, 5.41) is 3.38. The molecule has 1 aromatic carbocycles. The molecule has 0 unspecified atom stereocenters. The number of carbonyl (C=O) groups excluding carboxylic acids is 2. The maximum Gasteiger partial charge on any atom is 0.238 e. The number of amides is 2. The number of nitrogens with one attached hydrogen (secondary N) is 1. The zero-order chi connectivity index (χ0) is 18.3. The predicted octanol–water partition coefficient (Wildman–Crippen LogP) is 2.40. The topological polar surface area (TPSA) is 61.9 Å². The average molecular weight is 356 g/mol. The number of hydrogen-bond donors (Lipinski definition) is 1. The van der Waals surface area contributed by atoms with E-state index in [-0.39, 0.29) is 24.9 Å². The van der Waals surface area contributed by atoms with Gasteiger partial charge in [-0.1, -0.05) is 11.6 Å². The smallest absolute Gasteiger partial charge is 0.238 e. The van der Waals surface area contributed by atoms with Gasteiger partial charge in [0.05, 0.1) is 25.9 Å². The summed E-state index contributed by atoms with van der Waals surface area (Å²) >= 11 is 6.06. The minimum atomic E-state index is -0.218. The molecule has 134 valence electrons. The summed E-state index contributed by atoms with van der Waals surface area (Å²) < 4.78 is 5.24. The Balaban J connectivity index is 2.66. The van der Waals surface area contributed by atoms with Crippen molar-refractivity contribution >= 4 is 29.1 Å². The van der Waals surface area contributed by atoms with E-state index in [4.69, 9.17) is 16.3 Å². The molecule has 0 heterocycles. The number of likely N-dealkylation sites (N-methyl/N-ethyl adjacent to an activating group) is 2. The van der Waals surface area contributed by atoms with Crippen molar-refractivity contribution < 1.29 is 14.3 Å². The van der Waals surface area contributed by atoms with E-state index in [9.17, 15) is 9.59 Å². The summed E-state index contributed by atoms with van der Waals surface area (Å²) in [6, 6.07) is 3.43. The molecule has 0 saturated heterocycles. The highest BCUT2D eigenvalue weighted by Crippen LogP contribution is 2.30. The monoisotopic (exact) mass is 355 g/mol. The van der Waals surface area contributed by atoms with E-state index in [0.29, 0.717) is 29.5 Å². The molecule has 24 heavy (non-hydrogen) atoms. The lowest BCUT2D eigenvalue weighted by Gasteiger charge is -2.22. The third kappa shape index (κ3) is 5.69. The lowest BCUT2D eigenvalue weighted by molar-refractivity contribution is -0.132. The molecule has 1 rings (SSSR count). The number of aryl methyl sites for hydroxylation is 1. The van der Waals surface area contributed by atoms with Gasteiger partial charge in [-0.3, -0.25) is 14.5 Å². The first kappa shape index (κ1) is 20.3. The summed E-state index contributed by atoms with van der Waals surface area (Å²) in [5.74, 6) is 0.293. The molecule has 2 amide bonds. The average Bonchev–Trinajstić information content (AvgIpc) is 2.51. The maximum absolute atomic E-state index is 12.2. The molecule has 0 atom stereocenters. The van der Waals surface area contributed by atoms with Crippen LogP contribution < -0.4 is 10.1 Å². The first-order chi connectivity index (χ1) is 11.3. The van der Waals surface area contributed by atoms with Gasteiger partial charge in [-0.15, -0.1) is 0 Å². The van der Waals surface area contributed by atoms with Crippen LogP contribution in [-0.4, -0.2) is 62.0 Å². The van der Waals surface area contributed by atoms with Gasteiger partial charge >= 0.3 is 0 Å². The van der Waals surface area contributed by atoms with Crippen LogP contribution in [0.5, 0.6) is 5.75 Å². The number of ether oxygens (including phenoxy) is 1. The van der Waals surface area contributed by atoms with Crippen molar-refractivity contribution in [3.05, 3.63) is 22.7 Å². The zero-order valence-corrected chi connectivity index (χ0v) is 15.7. The Morgan fingerprint density at radius 2 is 1.83 bits per heavy atom. The predicted molar refractivity (Wildman–Crippen MR) is 96.8 cm³/mol. The van der Waals surface area contributed by atoms with Gasteiger partial charge in [0.15, 0.2) is 0 Å². The Bertz CT molecular complexity index is 589. The van der Waals surface area contributed by atoms with Gasteiger partial charge in [0, 0.05) is 24.2 Å². The molecule has 0 bridgehead atoms. The van der Waals surface area contributed by atoms with Crippen LogP contribution in [0.1, 0.15) is 19.4 Å². The second kappa shape index (κ2) is 9.49. The van der Waals surface area contributed by atoms with Crippen LogP contribution in [0.25, 0.3) is 0 Å². The van der Waals surface area contributed by atoms with Gasteiger partial charge in [0.1, 0.15) is 5.75 Å². The SMILES string of the molecule is CCN(CC)C(=O)CN(C)CC(=O)Nc1cc(C)c(Cl)cc1OC. The Hall–Kier alpha value is -1.79. The van der Waals surface area contributed by atoms with E-state index < -0.39 is 0 Å². The number of hydrogen-bond acceptors (Lipinski definition) is 4. The third-order valence-electron chi connectivity index (χ3n) is 3.69. The van der Waals surface area contributed by atoms with Crippen molar-refractivity contribution in [1.29, 1.82) is 0 Å². The summed E-state index contributed by atoms with van der Waals surface area (Å²) in [4.78, 5) is 27.7. The van der Waals surface area contributed by atoms with Crippen molar-refractivity contribution in [2.75, 3.05) is 45.7 Å². The molecule has 1 aromatic rings. The Morgan fingerprint density at radius 3 is 2.38 bits per heavy atom. The molecule has 7 heteroatoms. The Kier molecular flexibility index (Phi) is 8.01. The van der Waals surface area contributed by atoms with Crippen LogP contribution in [0.15, 0.2) is 12.1 Å². The number of rotatable bonds is 8. The number of anilines is 1. The van der Waals surface area contributed by atoms with E-state index in [0.717, 1.165) is 5.56 Å². The molecule has 0 radical (unpaired) electrons. The minimum absolute atomic E-state index is 0.00946. The summed E-state index contributed by atoms with van der Waals surface area (Å²) in [6.07, 6.45) is 0. The highest BCUT2D eigenvalue weighted by atomic mass is 35.5. The highest BCUT2D eigenvalue weighted by Gasteiger charge is 2.16. The van der Waals surface area contributed by atoms with Crippen molar-refractivity contribution in [1.82, 2.24) is 9.80 Å². The van der Waals surface area contributed by atoms with E-state index in [1.165, 1.54) is 7.11 Å². The van der Waals surface area contributed by atoms with Crippen molar-refractivity contribution in [2.45, 2.75) is 20.8 Å². The van der Waals surface area contributed by atoms with Crippen LogP contribution in [0.2, 0.25) is 5.02 Å². The quantitative estimate of drug-likeness (QED) is 0.777. The van der Waals surface area contributed by atoms with Crippen LogP contribution in [0, 0.1) is 6.92 Å². The molecule has 0 saturated carbocycles. The fourth-order valence-corrected chi connectivity index (χ4v) is 2.48. The van der Waals surface area contributed by atoms with Crippen LogP contribution in [-0.2, 0) is 9.59 Å². The number of methoxy groups -OCH3 is 1. The Morgan fingerprint density at radius 1 is 1.21 bits per heavy atom. The lowest BCUT2D eigenvalue weighted by Crippen LogP contribution is -2.41. The molecular formula is C17H26ClN3O3. The second-order valence-electron chi connectivity index (χ2n) is 5.59. The van der Waals surface area contributed by atoms with E-state index in [2.05, 4.69) is 5.32 Å². The van der Waals surface area contributed by atoms with E-state index in [1.54, 1.807) is 29.0 Å². The highest BCUT2D eigenvalue weighted by molar-refractivity contribution is 6.31. The van der Waals surface area contributed by atoms with E-state index in [1.807, 2.05) is 20.8 Å². The van der Waals surface area contributed by atoms with Crippen molar-refractivity contribution in [3.63, 3.8) is 0 Å². The normalized spacial score (nSPS) is 10.6. The lowest BCUT2D eigenvalue weighted by atomic mass is 10.2. The van der Waals surface area contributed by atoms with Crippen LogP contribution >= 0.6 is 11.6 Å². The number of halogens is 1. The van der Waals surface area contributed by atoms with Crippen molar-refractivity contribution in [2.24, 2.45) is 0 Å². The first-order valence-electron chi connectivity index (χ1n) is 7.92. The second-order valence-corrected chi connectivity index (χ2v) is 6.00. The molecule has 0 aliphatic heterocycles. The van der Waals surface area contributed by atoms with Gasteiger partial charge in [-0.05, 0) is 39.4 Å². The number of carbonyl (C=O) groups is 2. The first-order valence-corrected chi connectivity index (χ1v) is 8.30. The van der Waals surface area contributed by atoms with Gasteiger partial charge in [0.25, 0.3) is 0 Å². The summed E-state index contributed by atoms with van der Waals surface area (Å²) in [6.45, 7) is 7.36. The number of benzene rings is 1. The maximum atomic E-state index is 12.2. The fourth-order valence-electron chi connectivity index (χ4n) is 2.33. The minimum Gasteiger partial charge on any atom is -0.495 e. The van der Waals surface area contributed by atoms with Crippen LogP contribution in [0.3, 0.4) is 0 Å². The third-order valence-corrected chi connectivity index (χ3v) is 4.10. The Labute approximate surface area is 148 Å². The summed E-state index contributed by atoms with van der Waals surface area (Å²) in [5.41, 5.74) is 1.41.